The molecule has 1 aromatic carbocycles. The number of hydrogen-bond acceptors (Lipinski definition) is 8. The second-order valence-corrected chi connectivity index (χ2v) is 15.2. The molecule has 3 aliphatic carbocycles. The van der Waals surface area contributed by atoms with Crippen LogP contribution in [0.2, 0.25) is 0 Å². The first-order chi connectivity index (χ1) is 21.3. The van der Waals surface area contributed by atoms with Gasteiger partial charge in [-0.3, -0.25) is 19.2 Å². The van der Waals surface area contributed by atoms with Gasteiger partial charge in [0.1, 0.15) is 0 Å². The van der Waals surface area contributed by atoms with Crippen LogP contribution >= 0.6 is 11.8 Å². The second kappa shape index (κ2) is 15.0. The molecule has 248 valence electrons. The van der Waals surface area contributed by atoms with Crippen LogP contribution in [0, 0.1) is 35.0 Å². The number of benzene rings is 1. The summed E-state index contributed by atoms with van der Waals surface area (Å²) in [5.74, 6) is -0.859. The topological polar surface area (TPSA) is 120 Å². The predicted molar refractivity (Wildman–Crippen MR) is 176 cm³/mol. The number of rotatable bonds is 16. The average molecular weight is 643 g/mol. The van der Waals surface area contributed by atoms with E-state index in [1.165, 1.54) is 7.11 Å². The van der Waals surface area contributed by atoms with Gasteiger partial charge in [0.15, 0.2) is 5.78 Å². The molecule has 1 unspecified atom stereocenters. The molecule has 1 aromatic rings. The van der Waals surface area contributed by atoms with Crippen LogP contribution < -0.4 is 10.6 Å². The maximum atomic E-state index is 13.9. The van der Waals surface area contributed by atoms with Gasteiger partial charge in [-0.05, 0) is 73.3 Å². The van der Waals surface area contributed by atoms with E-state index in [2.05, 4.69) is 31.4 Å². The molecule has 2 N–H and O–H groups in total. The second-order valence-electron chi connectivity index (χ2n) is 14.2. The van der Waals surface area contributed by atoms with E-state index < -0.39 is 31.0 Å². The van der Waals surface area contributed by atoms with E-state index in [1.54, 1.807) is 11.8 Å². The molecule has 7 atom stereocenters. The molecule has 2 bridgehead atoms. The third kappa shape index (κ3) is 8.14. The van der Waals surface area contributed by atoms with Crippen molar-refractivity contribution >= 4 is 42.4 Å². The molecule has 4 aliphatic rings. The molecule has 11 heteroatoms. The highest BCUT2D eigenvalue weighted by Gasteiger charge is 2.67. The van der Waals surface area contributed by atoms with Crippen molar-refractivity contribution in [3.8, 4) is 0 Å². The summed E-state index contributed by atoms with van der Waals surface area (Å²) in [6.07, 6.45) is 5.07. The standard InChI is InChI=1S/C34H51BN2O7S/c1-21(2)25(19-30(39)42-6)32(41)37-26(15-22-11-9-8-10-12-22)27(38)16-23(13-14-45-7)31(40)36-20-35-43-29-18-24-17-28(33(24,3)4)34(29,5)44-35/h8-12,21,23-26,28-29H,13-20H2,1-7H3,(H,36,40)(H,37,41)/t23-,24?,25+,26+,28+,29-,34+/m1/s1. The van der Waals surface area contributed by atoms with Crippen LogP contribution in [0.4, 0.5) is 0 Å². The number of thioether (sulfide) groups is 1. The third-order valence-electron chi connectivity index (χ3n) is 10.7. The lowest BCUT2D eigenvalue weighted by molar-refractivity contribution is -0.199. The van der Waals surface area contributed by atoms with Crippen molar-refractivity contribution in [1.82, 2.24) is 10.6 Å². The number of nitrogens with one attached hydrogen (secondary N) is 2. The zero-order chi connectivity index (χ0) is 32.9. The Morgan fingerprint density at radius 3 is 2.40 bits per heavy atom. The maximum Gasteiger partial charge on any atom is 0.478 e. The first kappa shape index (κ1) is 35.5. The monoisotopic (exact) mass is 642 g/mol. The van der Waals surface area contributed by atoms with Crippen molar-refractivity contribution in [2.75, 3.05) is 25.6 Å². The lowest BCUT2D eigenvalue weighted by Gasteiger charge is -2.64. The number of amides is 2. The Morgan fingerprint density at radius 2 is 1.78 bits per heavy atom. The molecule has 0 aromatic heterocycles. The molecule has 4 fully saturated rings. The zero-order valence-corrected chi connectivity index (χ0v) is 28.7. The van der Waals surface area contributed by atoms with Crippen molar-refractivity contribution < 1.29 is 33.2 Å². The summed E-state index contributed by atoms with van der Waals surface area (Å²) >= 11 is 1.62. The maximum absolute atomic E-state index is 13.9. The summed E-state index contributed by atoms with van der Waals surface area (Å²) in [6, 6.07) is 8.63. The predicted octanol–water partition coefficient (Wildman–Crippen LogP) is 4.26. The van der Waals surface area contributed by atoms with E-state index in [0.717, 1.165) is 18.4 Å². The number of Topliss-reactive ketones (excluding diaryl/α,β-unsaturated/α-hetero) is 1. The summed E-state index contributed by atoms with van der Waals surface area (Å²) in [7, 11) is 0.768. The van der Waals surface area contributed by atoms with Crippen LogP contribution in [-0.4, -0.2) is 74.0 Å². The summed E-state index contributed by atoms with van der Waals surface area (Å²) in [4.78, 5) is 52.8. The number of ether oxygens (including phenoxy) is 1. The van der Waals surface area contributed by atoms with Gasteiger partial charge in [0.2, 0.25) is 11.8 Å². The number of carbonyl (C=O) groups is 4. The summed E-state index contributed by atoms with van der Waals surface area (Å²) < 4.78 is 17.6. The Hall–Kier alpha value is -2.37. The van der Waals surface area contributed by atoms with Crippen LogP contribution in [-0.2, 0) is 39.6 Å². The van der Waals surface area contributed by atoms with Crippen molar-refractivity contribution in [3.63, 3.8) is 0 Å². The number of hydrogen-bond donors (Lipinski definition) is 2. The summed E-state index contributed by atoms with van der Waals surface area (Å²) in [6.45, 7) is 10.5. The van der Waals surface area contributed by atoms with Crippen molar-refractivity contribution in [2.24, 2.45) is 35.0 Å². The summed E-state index contributed by atoms with van der Waals surface area (Å²) in [5.41, 5.74) is 0.768. The van der Waals surface area contributed by atoms with Gasteiger partial charge in [0.25, 0.3) is 0 Å². The van der Waals surface area contributed by atoms with Crippen molar-refractivity contribution in [1.29, 1.82) is 0 Å². The van der Waals surface area contributed by atoms with Gasteiger partial charge in [-0.25, -0.2) is 0 Å². The highest BCUT2D eigenvalue weighted by molar-refractivity contribution is 7.98. The minimum absolute atomic E-state index is 0.0157. The van der Waals surface area contributed by atoms with E-state index in [4.69, 9.17) is 14.0 Å². The third-order valence-corrected chi connectivity index (χ3v) is 11.3. The molecule has 1 saturated heterocycles. The molecule has 9 nitrogen and oxygen atoms in total. The fraction of sp³-hybridized carbons (Fsp3) is 0.706. The van der Waals surface area contributed by atoms with E-state index in [1.807, 2.05) is 50.4 Å². The molecule has 0 radical (unpaired) electrons. The van der Waals surface area contributed by atoms with Gasteiger partial charge in [0, 0.05) is 12.3 Å². The number of carbonyl (C=O) groups excluding carboxylic acids is 4. The Balaban J connectivity index is 1.42. The molecule has 3 saturated carbocycles. The lowest BCUT2D eigenvalue weighted by atomic mass is 9.43. The van der Waals surface area contributed by atoms with Crippen LogP contribution in [0.15, 0.2) is 30.3 Å². The molecule has 1 aliphatic heterocycles. The van der Waals surface area contributed by atoms with Crippen LogP contribution in [0.1, 0.15) is 72.3 Å². The normalized spacial score (nSPS) is 26.7. The molecule has 45 heavy (non-hydrogen) atoms. The van der Waals surface area contributed by atoms with E-state index in [0.29, 0.717) is 24.0 Å². The minimum Gasteiger partial charge on any atom is -0.469 e. The number of methoxy groups -OCH3 is 1. The minimum atomic E-state index is -0.845. The SMILES string of the molecule is COC(=O)C[C@H](C(=O)N[C@@H](Cc1ccccc1)C(=O)C[C@@H](CCSC)C(=O)NCB1O[C@@H]2CC3C[C@@H](C3(C)C)[C@]2(C)O1)C(C)C. The van der Waals surface area contributed by atoms with Crippen LogP contribution in [0.3, 0.4) is 0 Å². The van der Waals surface area contributed by atoms with Gasteiger partial charge in [0.05, 0.1) is 43.6 Å². The van der Waals surface area contributed by atoms with Gasteiger partial charge in [-0.1, -0.05) is 58.0 Å². The van der Waals surface area contributed by atoms with Gasteiger partial charge in [-0.2, -0.15) is 11.8 Å². The first-order valence-electron chi connectivity index (χ1n) is 16.3. The first-order valence-corrected chi connectivity index (χ1v) is 17.7. The molecule has 0 spiro atoms. The molecule has 2 amide bonds. The summed E-state index contributed by atoms with van der Waals surface area (Å²) in [5, 5.41) is 5.94. The lowest BCUT2D eigenvalue weighted by Crippen LogP contribution is -2.65. The Kier molecular flexibility index (Phi) is 11.9. The quantitative estimate of drug-likeness (QED) is 0.203. The molecular formula is C34H51BN2O7S. The fourth-order valence-corrected chi connectivity index (χ4v) is 8.13. The van der Waals surface area contributed by atoms with E-state index in [9.17, 15) is 19.2 Å². The molecular weight excluding hydrogens is 591 g/mol. The van der Waals surface area contributed by atoms with E-state index >= 15 is 0 Å². The highest BCUT2D eigenvalue weighted by atomic mass is 32.2. The Morgan fingerprint density at radius 1 is 1.07 bits per heavy atom. The van der Waals surface area contributed by atoms with Crippen LogP contribution in [0.5, 0.6) is 0 Å². The van der Waals surface area contributed by atoms with E-state index in [-0.39, 0.29) is 66.3 Å². The zero-order valence-electron chi connectivity index (χ0n) is 27.9. The average Bonchev–Trinajstić information content (AvgIpc) is 3.36. The Labute approximate surface area is 273 Å². The fourth-order valence-electron chi connectivity index (χ4n) is 7.61. The van der Waals surface area contributed by atoms with Crippen molar-refractivity contribution in [2.45, 2.75) is 90.9 Å². The van der Waals surface area contributed by atoms with Crippen LogP contribution in [0.25, 0.3) is 0 Å². The van der Waals surface area contributed by atoms with Gasteiger partial charge >= 0.3 is 13.1 Å². The Bertz CT molecular complexity index is 1210. The largest absolute Gasteiger partial charge is 0.478 e. The van der Waals surface area contributed by atoms with Gasteiger partial charge < -0.3 is 24.7 Å². The molecule has 1 heterocycles. The van der Waals surface area contributed by atoms with Gasteiger partial charge in [-0.15, -0.1) is 0 Å². The number of ketones is 1. The highest BCUT2D eigenvalue weighted by Crippen LogP contribution is 2.65. The van der Waals surface area contributed by atoms with Crippen molar-refractivity contribution in [3.05, 3.63) is 35.9 Å². The smallest absolute Gasteiger partial charge is 0.469 e. The molecule has 5 rings (SSSR count). The number of esters is 1.